The van der Waals surface area contributed by atoms with Crippen molar-refractivity contribution in [3.05, 3.63) is 34.9 Å². The SMILES string of the molecule is COC(=O)C(NC1CC1)c1cc(C)cc(C)c1. The molecule has 0 radical (unpaired) electrons. The van der Waals surface area contributed by atoms with Gasteiger partial charge in [0.2, 0.25) is 0 Å². The van der Waals surface area contributed by atoms with Gasteiger partial charge in [-0.25, -0.2) is 4.79 Å². The summed E-state index contributed by atoms with van der Waals surface area (Å²) in [7, 11) is 1.44. The fraction of sp³-hybridized carbons (Fsp3) is 0.500. The molecule has 1 aromatic carbocycles. The Morgan fingerprint density at radius 2 is 1.88 bits per heavy atom. The van der Waals surface area contributed by atoms with Crippen molar-refractivity contribution in [1.29, 1.82) is 0 Å². The van der Waals surface area contributed by atoms with Crippen molar-refractivity contribution in [3.63, 3.8) is 0 Å². The summed E-state index contributed by atoms with van der Waals surface area (Å²) in [5.74, 6) is -0.207. The van der Waals surface area contributed by atoms with Crippen LogP contribution in [0.4, 0.5) is 0 Å². The predicted molar refractivity (Wildman–Crippen MR) is 66.8 cm³/mol. The first-order chi connectivity index (χ1) is 8.10. The van der Waals surface area contributed by atoms with Crippen molar-refractivity contribution >= 4 is 5.97 Å². The third kappa shape index (κ3) is 3.07. The largest absolute Gasteiger partial charge is 0.468 e. The molecule has 0 saturated heterocycles. The number of rotatable bonds is 4. The lowest BCUT2D eigenvalue weighted by atomic mass is 10.0. The van der Waals surface area contributed by atoms with E-state index in [4.69, 9.17) is 4.74 Å². The van der Waals surface area contributed by atoms with E-state index in [-0.39, 0.29) is 12.0 Å². The van der Waals surface area contributed by atoms with Gasteiger partial charge in [0.25, 0.3) is 0 Å². The lowest BCUT2D eigenvalue weighted by Gasteiger charge is -2.17. The molecule has 1 atom stereocenters. The van der Waals surface area contributed by atoms with Gasteiger partial charge in [-0.3, -0.25) is 5.32 Å². The summed E-state index contributed by atoms with van der Waals surface area (Å²) in [5, 5.41) is 3.34. The third-order valence-electron chi connectivity index (χ3n) is 2.99. The normalized spacial score (nSPS) is 16.6. The summed E-state index contributed by atoms with van der Waals surface area (Å²) in [6.45, 7) is 4.09. The van der Waals surface area contributed by atoms with Crippen LogP contribution in [0, 0.1) is 13.8 Å². The van der Waals surface area contributed by atoms with E-state index in [2.05, 4.69) is 11.4 Å². The molecule has 1 fully saturated rings. The van der Waals surface area contributed by atoms with Crippen molar-refractivity contribution in [2.45, 2.75) is 38.8 Å². The van der Waals surface area contributed by atoms with Crippen LogP contribution < -0.4 is 5.32 Å². The van der Waals surface area contributed by atoms with Crippen LogP contribution in [0.5, 0.6) is 0 Å². The van der Waals surface area contributed by atoms with Crippen LogP contribution in [0.3, 0.4) is 0 Å². The van der Waals surface area contributed by atoms with E-state index < -0.39 is 0 Å². The van der Waals surface area contributed by atoms with Crippen molar-refractivity contribution in [2.75, 3.05) is 7.11 Å². The van der Waals surface area contributed by atoms with E-state index >= 15 is 0 Å². The molecule has 1 aliphatic carbocycles. The van der Waals surface area contributed by atoms with Gasteiger partial charge in [0.1, 0.15) is 6.04 Å². The zero-order chi connectivity index (χ0) is 12.4. The van der Waals surface area contributed by atoms with E-state index in [9.17, 15) is 4.79 Å². The van der Waals surface area contributed by atoms with E-state index in [1.807, 2.05) is 26.0 Å². The Kier molecular flexibility index (Phi) is 3.48. The smallest absolute Gasteiger partial charge is 0.327 e. The molecule has 0 amide bonds. The minimum absolute atomic E-state index is 0.207. The highest BCUT2D eigenvalue weighted by atomic mass is 16.5. The van der Waals surface area contributed by atoms with Gasteiger partial charge in [-0.05, 0) is 32.3 Å². The van der Waals surface area contributed by atoms with Crippen LogP contribution in [-0.2, 0) is 9.53 Å². The fourth-order valence-electron chi connectivity index (χ4n) is 2.08. The molecular weight excluding hydrogens is 214 g/mol. The maximum atomic E-state index is 11.8. The van der Waals surface area contributed by atoms with Crippen LogP contribution in [0.1, 0.15) is 35.6 Å². The molecule has 1 unspecified atom stereocenters. The van der Waals surface area contributed by atoms with Gasteiger partial charge < -0.3 is 4.74 Å². The monoisotopic (exact) mass is 233 g/mol. The first-order valence-corrected chi connectivity index (χ1v) is 6.02. The summed E-state index contributed by atoms with van der Waals surface area (Å²) in [6.07, 6.45) is 2.30. The molecule has 3 nitrogen and oxygen atoms in total. The lowest BCUT2D eigenvalue weighted by Crippen LogP contribution is -2.31. The van der Waals surface area contributed by atoms with Crippen molar-refractivity contribution in [2.24, 2.45) is 0 Å². The van der Waals surface area contributed by atoms with Gasteiger partial charge in [0, 0.05) is 6.04 Å². The van der Waals surface area contributed by atoms with E-state index in [0.29, 0.717) is 6.04 Å². The number of hydrogen-bond acceptors (Lipinski definition) is 3. The average Bonchev–Trinajstić information content (AvgIpc) is 3.07. The fourth-order valence-corrected chi connectivity index (χ4v) is 2.08. The van der Waals surface area contributed by atoms with Gasteiger partial charge in [-0.2, -0.15) is 0 Å². The molecule has 3 heteroatoms. The van der Waals surface area contributed by atoms with Crippen LogP contribution >= 0.6 is 0 Å². The van der Waals surface area contributed by atoms with Crippen molar-refractivity contribution in [1.82, 2.24) is 5.32 Å². The maximum Gasteiger partial charge on any atom is 0.327 e. The molecule has 1 saturated carbocycles. The highest BCUT2D eigenvalue weighted by Crippen LogP contribution is 2.26. The van der Waals surface area contributed by atoms with Gasteiger partial charge >= 0.3 is 5.97 Å². The predicted octanol–water partition coefficient (Wildman–Crippen LogP) is 2.27. The van der Waals surface area contributed by atoms with Crippen LogP contribution in [0.15, 0.2) is 18.2 Å². The van der Waals surface area contributed by atoms with Crippen LogP contribution in [0.2, 0.25) is 0 Å². The highest BCUT2D eigenvalue weighted by Gasteiger charge is 2.30. The molecule has 0 heterocycles. The molecule has 0 spiro atoms. The number of methoxy groups -OCH3 is 1. The maximum absolute atomic E-state index is 11.8. The number of esters is 1. The Bertz CT molecular complexity index is 404. The second-order valence-corrected chi connectivity index (χ2v) is 4.82. The quantitative estimate of drug-likeness (QED) is 0.811. The number of hydrogen-bond donors (Lipinski definition) is 1. The Hall–Kier alpha value is -1.35. The van der Waals surface area contributed by atoms with Gasteiger partial charge in [0.05, 0.1) is 7.11 Å². The van der Waals surface area contributed by atoms with Crippen LogP contribution in [-0.4, -0.2) is 19.1 Å². The summed E-state index contributed by atoms with van der Waals surface area (Å²) in [6, 6.07) is 6.34. The minimum atomic E-state index is -0.328. The molecule has 1 aromatic rings. The Morgan fingerprint density at radius 1 is 1.29 bits per heavy atom. The average molecular weight is 233 g/mol. The second kappa shape index (κ2) is 4.88. The Morgan fingerprint density at radius 3 is 2.35 bits per heavy atom. The Balaban J connectivity index is 2.26. The number of ether oxygens (including phenoxy) is 1. The van der Waals surface area contributed by atoms with E-state index in [1.54, 1.807) is 0 Å². The number of nitrogens with one attached hydrogen (secondary N) is 1. The summed E-state index contributed by atoms with van der Waals surface area (Å²) < 4.78 is 4.87. The lowest BCUT2D eigenvalue weighted by molar-refractivity contribution is -0.143. The summed E-state index contributed by atoms with van der Waals surface area (Å²) >= 11 is 0. The van der Waals surface area contributed by atoms with Gasteiger partial charge in [0.15, 0.2) is 0 Å². The standard InChI is InChI=1S/C14H19NO2/c1-9-6-10(2)8-11(7-9)13(14(16)17-3)15-12-4-5-12/h6-8,12-13,15H,4-5H2,1-3H3. The third-order valence-corrected chi connectivity index (χ3v) is 2.99. The molecule has 1 N–H and O–H groups in total. The molecule has 0 aromatic heterocycles. The first-order valence-electron chi connectivity index (χ1n) is 6.02. The number of aryl methyl sites for hydroxylation is 2. The summed E-state index contributed by atoms with van der Waals surface area (Å²) in [4.78, 5) is 11.8. The minimum Gasteiger partial charge on any atom is -0.468 e. The Labute approximate surface area is 102 Å². The van der Waals surface area contributed by atoms with E-state index in [0.717, 1.165) is 18.4 Å². The number of carbonyl (C=O) groups is 1. The van der Waals surface area contributed by atoms with E-state index in [1.165, 1.54) is 18.2 Å². The van der Waals surface area contributed by atoms with Crippen molar-refractivity contribution < 1.29 is 9.53 Å². The first kappa shape index (κ1) is 12.1. The molecule has 17 heavy (non-hydrogen) atoms. The molecular formula is C14H19NO2. The molecule has 2 rings (SSSR count). The van der Waals surface area contributed by atoms with Gasteiger partial charge in [-0.15, -0.1) is 0 Å². The van der Waals surface area contributed by atoms with Crippen LogP contribution in [0.25, 0.3) is 0 Å². The molecule has 0 aliphatic heterocycles. The molecule has 1 aliphatic rings. The number of carbonyl (C=O) groups excluding carboxylic acids is 1. The second-order valence-electron chi connectivity index (χ2n) is 4.82. The van der Waals surface area contributed by atoms with Crippen molar-refractivity contribution in [3.8, 4) is 0 Å². The summed E-state index contributed by atoms with van der Waals surface area (Å²) in [5.41, 5.74) is 3.35. The topological polar surface area (TPSA) is 38.3 Å². The zero-order valence-electron chi connectivity index (χ0n) is 10.6. The highest BCUT2D eigenvalue weighted by molar-refractivity contribution is 5.77. The molecule has 92 valence electrons. The van der Waals surface area contributed by atoms with Gasteiger partial charge in [-0.1, -0.05) is 29.3 Å². The number of benzene rings is 1. The molecule has 0 bridgehead atoms. The zero-order valence-corrected chi connectivity index (χ0v) is 10.6.